The molecule has 0 radical (unpaired) electrons. The summed E-state index contributed by atoms with van der Waals surface area (Å²) in [5.41, 5.74) is 1.24. The van der Waals surface area contributed by atoms with Crippen LogP contribution >= 0.6 is 15.9 Å². The molecule has 4 atom stereocenters. The highest BCUT2D eigenvalue weighted by Gasteiger charge is 2.61. The number of esters is 1. The fourth-order valence-electron chi connectivity index (χ4n) is 4.70. The van der Waals surface area contributed by atoms with Crippen molar-refractivity contribution in [1.82, 2.24) is 9.72 Å². The van der Waals surface area contributed by atoms with Crippen LogP contribution in [0.3, 0.4) is 0 Å². The van der Waals surface area contributed by atoms with Crippen molar-refractivity contribution in [1.29, 1.82) is 0 Å². The molecule has 0 aliphatic heterocycles. The lowest BCUT2D eigenvalue weighted by molar-refractivity contribution is -0.160. The average Bonchev–Trinajstić information content (AvgIpc) is 2.94. The molecule has 0 spiro atoms. The van der Waals surface area contributed by atoms with Crippen molar-refractivity contribution in [3.8, 4) is 0 Å². The summed E-state index contributed by atoms with van der Waals surface area (Å²) >= 11 is 3.49. The zero-order valence-corrected chi connectivity index (χ0v) is 19.2. The SMILES string of the molecule is CC(C)(C)OC(=O)C1C[C@@H]2C(C(=O)NC(C)(C)c3cc4ccc(Br)cn4c3)[C@@H]2C1. The van der Waals surface area contributed by atoms with Gasteiger partial charge in [-0.3, -0.25) is 9.59 Å². The summed E-state index contributed by atoms with van der Waals surface area (Å²) in [6, 6.07) is 6.17. The van der Waals surface area contributed by atoms with E-state index in [0.717, 1.165) is 28.4 Å². The summed E-state index contributed by atoms with van der Waals surface area (Å²) in [6.45, 7) is 9.75. The quantitative estimate of drug-likeness (QED) is 0.674. The number of carbonyl (C=O) groups is 2. The van der Waals surface area contributed by atoms with Crippen LogP contribution in [0.1, 0.15) is 53.0 Å². The van der Waals surface area contributed by atoms with Crippen molar-refractivity contribution < 1.29 is 14.3 Å². The molecule has 29 heavy (non-hydrogen) atoms. The fraction of sp³-hybridized carbons (Fsp3) is 0.565. The van der Waals surface area contributed by atoms with Gasteiger partial charge in [0.15, 0.2) is 0 Å². The van der Waals surface area contributed by atoms with Crippen LogP contribution in [-0.4, -0.2) is 21.9 Å². The Morgan fingerprint density at radius 1 is 1.10 bits per heavy atom. The molecule has 2 aromatic rings. The van der Waals surface area contributed by atoms with Crippen LogP contribution in [0.4, 0.5) is 0 Å². The Morgan fingerprint density at radius 3 is 2.38 bits per heavy atom. The molecule has 2 aromatic heterocycles. The number of hydrogen-bond acceptors (Lipinski definition) is 3. The molecule has 2 aliphatic rings. The Morgan fingerprint density at radius 2 is 1.76 bits per heavy atom. The van der Waals surface area contributed by atoms with E-state index >= 15 is 0 Å². The number of hydrogen-bond donors (Lipinski definition) is 1. The number of carbonyl (C=O) groups excluding carboxylic acids is 2. The van der Waals surface area contributed by atoms with Crippen molar-refractivity contribution in [2.24, 2.45) is 23.7 Å². The van der Waals surface area contributed by atoms with E-state index in [2.05, 4.69) is 37.9 Å². The minimum absolute atomic E-state index is 0.0270. The Labute approximate surface area is 180 Å². The molecule has 2 aliphatic carbocycles. The number of rotatable bonds is 4. The lowest BCUT2D eigenvalue weighted by Crippen LogP contribution is -2.42. The zero-order chi connectivity index (χ0) is 21.1. The third kappa shape index (κ3) is 4.09. The molecular weight excluding hydrogens is 432 g/mol. The first-order valence-corrected chi connectivity index (χ1v) is 11.1. The van der Waals surface area contributed by atoms with Gasteiger partial charge in [-0.15, -0.1) is 0 Å². The van der Waals surface area contributed by atoms with E-state index in [1.807, 2.05) is 52.9 Å². The molecule has 2 unspecified atom stereocenters. The fourth-order valence-corrected chi connectivity index (χ4v) is 5.05. The van der Waals surface area contributed by atoms with Crippen molar-refractivity contribution in [3.05, 3.63) is 40.6 Å². The number of ether oxygens (including phenoxy) is 1. The smallest absolute Gasteiger partial charge is 0.309 e. The number of fused-ring (bicyclic) bond motifs is 2. The summed E-state index contributed by atoms with van der Waals surface area (Å²) in [7, 11) is 0. The highest BCUT2D eigenvalue weighted by molar-refractivity contribution is 9.10. The molecule has 6 heteroatoms. The number of halogens is 1. The van der Waals surface area contributed by atoms with E-state index in [4.69, 9.17) is 4.74 Å². The van der Waals surface area contributed by atoms with Gasteiger partial charge in [0.25, 0.3) is 0 Å². The van der Waals surface area contributed by atoms with Gasteiger partial charge in [-0.05, 0) is 99.0 Å². The largest absolute Gasteiger partial charge is 0.460 e. The van der Waals surface area contributed by atoms with Crippen LogP contribution < -0.4 is 5.32 Å². The Hall–Kier alpha value is -1.82. The monoisotopic (exact) mass is 460 g/mol. The first-order chi connectivity index (χ1) is 13.4. The summed E-state index contributed by atoms with van der Waals surface area (Å²) < 4.78 is 8.59. The van der Waals surface area contributed by atoms with Gasteiger partial charge >= 0.3 is 5.97 Å². The van der Waals surface area contributed by atoms with E-state index in [9.17, 15) is 9.59 Å². The third-order valence-electron chi connectivity index (χ3n) is 6.20. The average molecular weight is 461 g/mol. The summed E-state index contributed by atoms with van der Waals surface area (Å²) in [6.07, 6.45) is 5.61. The molecule has 4 rings (SSSR count). The number of nitrogens with one attached hydrogen (secondary N) is 1. The van der Waals surface area contributed by atoms with E-state index < -0.39 is 11.1 Å². The maximum atomic E-state index is 12.9. The van der Waals surface area contributed by atoms with Crippen molar-refractivity contribution >= 4 is 33.3 Å². The van der Waals surface area contributed by atoms with E-state index in [0.29, 0.717) is 11.8 Å². The van der Waals surface area contributed by atoms with Crippen LogP contribution in [0.15, 0.2) is 35.1 Å². The minimum atomic E-state index is -0.461. The van der Waals surface area contributed by atoms with Gasteiger partial charge in [0.2, 0.25) is 5.91 Å². The lowest BCUT2D eigenvalue weighted by atomic mass is 9.95. The van der Waals surface area contributed by atoms with Gasteiger partial charge in [-0.2, -0.15) is 0 Å². The first-order valence-electron chi connectivity index (χ1n) is 10.3. The zero-order valence-electron chi connectivity index (χ0n) is 17.7. The second-order valence-electron chi connectivity index (χ2n) is 10.1. The van der Waals surface area contributed by atoms with E-state index in [-0.39, 0.29) is 23.7 Å². The third-order valence-corrected chi connectivity index (χ3v) is 6.67. The van der Waals surface area contributed by atoms with Crippen LogP contribution in [-0.2, 0) is 19.9 Å². The van der Waals surface area contributed by atoms with Crippen LogP contribution in [0, 0.1) is 23.7 Å². The topological polar surface area (TPSA) is 59.8 Å². The Bertz CT molecular complexity index is 960. The van der Waals surface area contributed by atoms with Crippen LogP contribution in [0.5, 0.6) is 0 Å². The number of nitrogens with zero attached hydrogens (tertiary/aromatic N) is 1. The van der Waals surface area contributed by atoms with E-state index in [1.54, 1.807) is 0 Å². The molecule has 0 bridgehead atoms. The van der Waals surface area contributed by atoms with Crippen LogP contribution in [0.2, 0.25) is 0 Å². The van der Waals surface area contributed by atoms with Crippen LogP contribution in [0.25, 0.3) is 5.52 Å². The lowest BCUT2D eigenvalue weighted by Gasteiger charge is -2.26. The standard InChI is InChI=1S/C23H29BrN2O3/c1-22(2,3)29-21(28)13-8-17-18(9-13)19(17)20(27)25-23(4,5)14-10-16-7-6-15(24)12-26(16)11-14/h6-7,10-13,17-19H,8-9H2,1-5H3,(H,25,27)/t13?,17-,18+,19?. The normalized spacial score (nSPS) is 26.3. The van der Waals surface area contributed by atoms with Gasteiger partial charge in [0.1, 0.15) is 5.60 Å². The molecule has 2 saturated carbocycles. The number of pyridine rings is 1. The van der Waals surface area contributed by atoms with Gasteiger partial charge < -0.3 is 14.5 Å². The summed E-state index contributed by atoms with van der Waals surface area (Å²) in [5, 5.41) is 3.24. The molecule has 5 nitrogen and oxygen atoms in total. The predicted molar refractivity (Wildman–Crippen MR) is 115 cm³/mol. The predicted octanol–water partition coefficient (Wildman–Crippen LogP) is 4.67. The molecule has 0 saturated heterocycles. The Balaban J connectivity index is 1.37. The highest BCUT2D eigenvalue weighted by atomic mass is 79.9. The molecule has 1 amide bonds. The molecule has 2 fully saturated rings. The first kappa shape index (κ1) is 20.5. The number of amides is 1. The molecule has 156 valence electrons. The molecular formula is C23H29BrN2O3. The minimum Gasteiger partial charge on any atom is -0.460 e. The number of aromatic nitrogens is 1. The van der Waals surface area contributed by atoms with Gasteiger partial charge in [0, 0.05) is 28.3 Å². The van der Waals surface area contributed by atoms with Crippen molar-refractivity contribution in [3.63, 3.8) is 0 Å². The highest BCUT2D eigenvalue weighted by Crippen LogP contribution is 2.60. The molecule has 0 aromatic carbocycles. The van der Waals surface area contributed by atoms with Gasteiger partial charge in [-0.25, -0.2) is 0 Å². The van der Waals surface area contributed by atoms with Gasteiger partial charge in [-0.1, -0.05) is 0 Å². The second-order valence-corrected chi connectivity index (χ2v) is 11.0. The van der Waals surface area contributed by atoms with E-state index in [1.165, 1.54) is 0 Å². The maximum absolute atomic E-state index is 12.9. The molecule has 2 heterocycles. The summed E-state index contributed by atoms with van der Waals surface area (Å²) in [5.74, 6) is 0.579. The maximum Gasteiger partial charge on any atom is 0.309 e. The van der Waals surface area contributed by atoms with Crippen molar-refractivity contribution in [2.75, 3.05) is 0 Å². The molecule has 1 N–H and O–H groups in total. The second kappa shape index (κ2) is 6.86. The van der Waals surface area contributed by atoms with Crippen molar-refractivity contribution in [2.45, 2.75) is 58.6 Å². The summed E-state index contributed by atoms with van der Waals surface area (Å²) in [4.78, 5) is 25.2. The van der Waals surface area contributed by atoms with Gasteiger partial charge in [0.05, 0.1) is 11.5 Å². The Kier molecular flexibility index (Phi) is 4.84.